The molecule has 1 rings (SSSR count). The molecule has 0 bridgehead atoms. The third-order valence-electron chi connectivity index (χ3n) is 3.13. The molecule has 1 aromatic heterocycles. The standard InChI is InChI=1S/C14H18F3N3O4/c1-20(4-5-21)8-9(13(23)24)6-12(22)19-10-2-3-11(18-7-10)14(15,16)17/h2-3,7,9,21H,4-6,8H2,1H3,(H,19,22)(H,23,24)/t9-/m1/s1. The maximum absolute atomic E-state index is 12.4. The van der Waals surface area contributed by atoms with E-state index in [1.807, 2.05) is 0 Å². The highest BCUT2D eigenvalue weighted by atomic mass is 19.4. The number of nitrogens with one attached hydrogen (secondary N) is 1. The van der Waals surface area contributed by atoms with Crippen molar-refractivity contribution in [2.45, 2.75) is 12.6 Å². The number of rotatable bonds is 8. The zero-order valence-electron chi connectivity index (χ0n) is 12.9. The van der Waals surface area contributed by atoms with Crippen LogP contribution in [0.3, 0.4) is 0 Å². The second-order valence-electron chi connectivity index (χ2n) is 5.20. The third kappa shape index (κ3) is 6.50. The van der Waals surface area contributed by atoms with Crippen LogP contribution < -0.4 is 5.32 Å². The van der Waals surface area contributed by atoms with Crippen LogP contribution in [0.25, 0.3) is 0 Å². The fraction of sp³-hybridized carbons (Fsp3) is 0.500. The summed E-state index contributed by atoms with van der Waals surface area (Å²) in [5, 5.41) is 20.2. The number of aliphatic carboxylic acids is 1. The lowest BCUT2D eigenvalue weighted by Crippen LogP contribution is -2.34. The number of hydrogen-bond acceptors (Lipinski definition) is 5. The molecule has 0 fully saturated rings. The number of anilines is 1. The van der Waals surface area contributed by atoms with Crippen LogP contribution in [0.1, 0.15) is 12.1 Å². The normalized spacial score (nSPS) is 12.9. The van der Waals surface area contributed by atoms with E-state index < -0.39 is 29.7 Å². The minimum absolute atomic E-state index is 0.0425. The number of pyridine rings is 1. The number of alkyl halides is 3. The zero-order valence-corrected chi connectivity index (χ0v) is 12.9. The number of hydrogen-bond donors (Lipinski definition) is 3. The Morgan fingerprint density at radius 1 is 1.38 bits per heavy atom. The van der Waals surface area contributed by atoms with Gasteiger partial charge in [-0.2, -0.15) is 13.2 Å². The minimum atomic E-state index is -4.58. The smallest absolute Gasteiger partial charge is 0.433 e. The van der Waals surface area contributed by atoms with E-state index in [2.05, 4.69) is 10.3 Å². The van der Waals surface area contributed by atoms with Crippen molar-refractivity contribution < 1.29 is 33.0 Å². The molecule has 10 heteroatoms. The van der Waals surface area contributed by atoms with Gasteiger partial charge in [0.25, 0.3) is 0 Å². The van der Waals surface area contributed by atoms with E-state index in [0.717, 1.165) is 18.3 Å². The van der Waals surface area contributed by atoms with Crippen LogP contribution >= 0.6 is 0 Å². The van der Waals surface area contributed by atoms with E-state index in [9.17, 15) is 22.8 Å². The zero-order chi connectivity index (χ0) is 18.3. The van der Waals surface area contributed by atoms with Crippen molar-refractivity contribution in [2.75, 3.05) is 32.1 Å². The molecule has 24 heavy (non-hydrogen) atoms. The van der Waals surface area contributed by atoms with Gasteiger partial charge >= 0.3 is 12.1 Å². The molecule has 0 saturated carbocycles. The summed E-state index contributed by atoms with van der Waals surface area (Å²) < 4.78 is 37.2. The molecule has 0 aliphatic heterocycles. The highest BCUT2D eigenvalue weighted by molar-refractivity contribution is 5.93. The average molecular weight is 349 g/mol. The Morgan fingerprint density at radius 3 is 2.50 bits per heavy atom. The van der Waals surface area contributed by atoms with Gasteiger partial charge in [-0.3, -0.25) is 9.59 Å². The monoisotopic (exact) mass is 349 g/mol. The summed E-state index contributed by atoms with van der Waals surface area (Å²) in [4.78, 5) is 27.8. The third-order valence-corrected chi connectivity index (χ3v) is 3.13. The van der Waals surface area contributed by atoms with Gasteiger partial charge in [-0.05, 0) is 19.2 Å². The summed E-state index contributed by atoms with van der Waals surface area (Å²) in [5.74, 6) is -2.84. The summed E-state index contributed by atoms with van der Waals surface area (Å²) >= 11 is 0. The lowest BCUT2D eigenvalue weighted by atomic mass is 10.0. The number of aromatic nitrogens is 1. The van der Waals surface area contributed by atoms with Gasteiger partial charge in [-0.1, -0.05) is 0 Å². The van der Waals surface area contributed by atoms with Gasteiger partial charge < -0.3 is 20.4 Å². The Morgan fingerprint density at radius 2 is 2.04 bits per heavy atom. The van der Waals surface area contributed by atoms with E-state index >= 15 is 0 Å². The molecule has 1 heterocycles. The second kappa shape index (κ2) is 8.60. The van der Waals surface area contributed by atoms with Gasteiger partial charge in [-0.25, -0.2) is 4.98 Å². The van der Waals surface area contributed by atoms with Crippen LogP contribution in [0, 0.1) is 5.92 Å². The van der Waals surface area contributed by atoms with Gasteiger partial charge in [0.2, 0.25) is 5.91 Å². The Balaban J connectivity index is 2.64. The molecule has 1 amide bonds. The number of amides is 1. The van der Waals surface area contributed by atoms with Gasteiger partial charge in [-0.15, -0.1) is 0 Å². The number of carboxylic acids is 1. The molecule has 0 unspecified atom stereocenters. The van der Waals surface area contributed by atoms with Crippen molar-refractivity contribution >= 4 is 17.6 Å². The topological polar surface area (TPSA) is 103 Å². The van der Waals surface area contributed by atoms with Crippen molar-refractivity contribution in [3.05, 3.63) is 24.0 Å². The first-order chi connectivity index (χ1) is 11.1. The van der Waals surface area contributed by atoms with Crippen molar-refractivity contribution in [1.82, 2.24) is 9.88 Å². The average Bonchev–Trinajstić information content (AvgIpc) is 2.46. The first-order valence-electron chi connectivity index (χ1n) is 6.98. The molecule has 0 aliphatic rings. The molecule has 1 aromatic rings. The highest BCUT2D eigenvalue weighted by Gasteiger charge is 2.32. The van der Waals surface area contributed by atoms with E-state index in [0.29, 0.717) is 0 Å². The summed E-state index contributed by atoms with van der Waals surface area (Å²) in [6.07, 6.45) is -4.07. The predicted octanol–water partition coefficient (Wildman–Crippen LogP) is 1.05. The van der Waals surface area contributed by atoms with Gasteiger partial charge in [0.1, 0.15) is 5.69 Å². The molecule has 7 nitrogen and oxygen atoms in total. The maximum atomic E-state index is 12.4. The number of nitrogens with zero attached hydrogens (tertiary/aromatic N) is 2. The quantitative estimate of drug-likeness (QED) is 0.648. The lowest BCUT2D eigenvalue weighted by molar-refractivity contribution is -0.144. The molecular weight excluding hydrogens is 331 g/mol. The number of carbonyl (C=O) groups is 2. The Hall–Kier alpha value is -2.20. The first kappa shape index (κ1) is 19.8. The van der Waals surface area contributed by atoms with Crippen molar-refractivity contribution in [1.29, 1.82) is 0 Å². The largest absolute Gasteiger partial charge is 0.481 e. The Kier molecular flexibility index (Phi) is 7.11. The molecule has 0 aromatic carbocycles. The van der Waals surface area contributed by atoms with E-state index in [1.165, 1.54) is 0 Å². The number of aliphatic hydroxyl groups excluding tert-OH is 1. The van der Waals surface area contributed by atoms with Gasteiger partial charge in [0.05, 0.1) is 24.4 Å². The van der Waals surface area contributed by atoms with Crippen LogP contribution in [-0.2, 0) is 15.8 Å². The minimum Gasteiger partial charge on any atom is -0.481 e. The Labute approximate surface area is 136 Å². The van der Waals surface area contributed by atoms with Crippen LogP contribution in [0.15, 0.2) is 18.3 Å². The van der Waals surface area contributed by atoms with Crippen LogP contribution in [0.2, 0.25) is 0 Å². The molecule has 0 spiro atoms. The number of halogens is 3. The SMILES string of the molecule is CN(CCO)C[C@@H](CC(=O)Nc1ccc(C(F)(F)F)nc1)C(=O)O. The first-order valence-corrected chi connectivity index (χ1v) is 6.98. The van der Waals surface area contributed by atoms with Gasteiger partial charge in [0.15, 0.2) is 0 Å². The Bertz CT molecular complexity index is 563. The van der Waals surface area contributed by atoms with E-state index in [-0.39, 0.29) is 31.8 Å². The van der Waals surface area contributed by atoms with Crippen LogP contribution in [0.4, 0.5) is 18.9 Å². The molecular formula is C14H18F3N3O4. The van der Waals surface area contributed by atoms with Crippen molar-refractivity contribution in [2.24, 2.45) is 5.92 Å². The molecule has 0 radical (unpaired) electrons. The van der Waals surface area contributed by atoms with Crippen molar-refractivity contribution in [3.8, 4) is 0 Å². The summed E-state index contributed by atoms with van der Waals surface area (Å²) in [5.41, 5.74) is -1.05. The number of aliphatic hydroxyl groups is 1. The lowest BCUT2D eigenvalue weighted by Gasteiger charge is -2.20. The molecule has 0 saturated heterocycles. The van der Waals surface area contributed by atoms with Crippen molar-refractivity contribution in [3.63, 3.8) is 0 Å². The summed E-state index contributed by atoms with van der Waals surface area (Å²) in [6.45, 7) is 0.162. The summed E-state index contributed by atoms with van der Waals surface area (Å²) in [6, 6.07) is 1.76. The second-order valence-corrected chi connectivity index (χ2v) is 5.20. The highest BCUT2D eigenvalue weighted by Crippen LogP contribution is 2.27. The number of carbonyl (C=O) groups excluding carboxylic acids is 1. The fourth-order valence-electron chi connectivity index (χ4n) is 1.94. The molecule has 3 N–H and O–H groups in total. The van der Waals surface area contributed by atoms with Crippen LogP contribution in [0.5, 0.6) is 0 Å². The molecule has 1 atom stereocenters. The fourth-order valence-corrected chi connectivity index (χ4v) is 1.94. The number of carboxylic acid groups (broad SMARTS) is 1. The summed E-state index contributed by atoms with van der Waals surface area (Å²) in [7, 11) is 1.60. The molecule has 134 valence electrons. The maximum Gasteiger partial charge on any atom is 0.433 e. The number of likely N-dealkylation sites (N-methyl/N-ethyl adjacent to an activating group) is 1. The van der Waals surface area contributed by atoms with Crippen LogP contribution in [-0.4, -0.2) is 58.7 Å². The molecule has 0 aliphatic carbocycles. The van der Waals surface area contributed by atoms with E-state index in [1.54, 1.807) is 11.9 Å². The van der Waals surface area contributed by atoms with E-state index in [4.69, 9.17) is 10.2 Å². The van der Waals surface area contributed by atoms with Gasteiger partial charge in [0, 0.05) is 19.5 Å². The predicted molar refractivity (Wildman–Crippen MR) is 78.2 cm³/mol.